The summed E-state index contributed by atoms with van der Waals surface area (Å²) in [6, 6.07) is 1.83. The lowest BCUT2D eigenvalue weighted by atomic mass is 10.3. The fraction of sp³-hybridized carbons (Fsp3) is 0.900. The standard InChI is InChI=1S/C10H20N2O3S/c1-4-15-8-9-16(13,14)12(10(2)3)7-5-6-11/h10H,4-5,7-9H2,1-3H3. The van der Waals surface area contributed by atoms with Gasteiger partial charge in [0.05, 0.1) is 18.4 Å². The molecule has 0 rings (SSSR count). The lowest BCUT2D eigenvalue weighted by Crippen LogP contribution is -2.40. The van der Waals surface area contributed by atoms with Crippen LogP contribution in [0.4, 0.5) is 0 Å². The molecule has 0 aromatic carbocycles. The maximum Gasteiger partial charge on any atom is 0.216 e. The second-order valence-corrected chi connectivity index (χ2v) is 5.67. The zero-order valence-electron chi connectivity index (χ0n) is 10.1. The van der Waals surface area contributed by atoms with Gasteiger partial charge >= 0.3 is 0 Å². The van der Waals surface area contributed by atoms with E-state index in [0.29, 0.717) is 6.61 Å². The van der Waals surface area contributed by atoms with Crippen LogP contribution in [-0.2, 0) is 14.8 Å². The summed E-state index contributed by atoms with van der Waals surface area (Å²) in [6.07, 6.45) is 0.214. The van der Waals surface area contributed by atoms with Crippen LogP contribution in [0.2, 0.25) is 0 Å². The predicted octanol–water partition coefficient (Wildman–Crippen LogP) is 0.977. The van der Waals surface area contributed by atoms with Crippen LogP contribution < -0.4 is 0 Å². The molecule has 0 unspecified atom stereocenters. The average molecular weight is 248 g/mol. The molecule has 0 spiro atoms. The van der Waals surface area contributed by atoms with Gasteiger partial charge in [-0.1, -0.05) is 0 Å². The Hall–Kier alpha value is -0.640. The Kier molecular flexibility index (Phi) is 7.30. The van der Waals surface area contributed by atoms with Crippen molar-refractivity contribution in [1.29, 1.82) is 5.26 Å². The first-order chi connectivity index (χ1) is 7.45. The number of hydrogen-bond acceptors (Lipinski definition) is 4. The molecule has 0 aromatic rings. The lowest BCUT2D eigenvalue weighted by molar-refractivity contribution is 0.162. The Morgan fingerprint density at radius 2 is 2.06 bits per heavy atom. The highest BCUT2D eigenvalue weighted by atomic mass is 32.2. The zero-order valence-corrected chi connectivity index (χ0v) is 11.0. The van der Waals surface area contributed by atoms with Gasteiger partial charge in [0.1, 0.15) is 0 Å². The molecule has 5 nitrogen and oxygen atoms in total. The monoisotopic (exact) mass is 248 g/mol. The van der Waals surface area contributed by atoms with Crippen molar-refractivity contribution < 1.29 is 13.2 Å². The van der Waals surface area contributed by atoms with E-state index >= 15 is 0 Å². The average Bonchev–Trinajstić information content (AvgIpc) is 2.17. The summed E-state index contributed by atoms with van der Waals surface area (Å²) >= 11 is 0. The third-order valence-corrected chi connectivity index (χ3v) is 4.07. The molecule has 0 fully saturated rings. The highest BCUT2D eigenvalue weighted by Gasteiger charge is 2.23. The molecule has 0 aromatic heterocycles. The first-order valence-corrected chi connectivity index (χ1v) is 7.00. The first-order valence-electron chi connectivity index (χ1n) is 5.40. The summed E-state index contributed by atoms with van der Waals surface area (Å²) < 4.78 is 30.2. The fourth-order valence-corrected chi connectivity index (χ4v) is 2.88. The van der Waals surface area contributed by atoms with Crippen molar-refractivity contribution in [3.63, 3.8) is 0 Å². The molecular weight excluding hydrogens is 228 g/mol. The molecule has 0 bridgehead atoms. The Morgan fingerprint density at radius 3 is 2.50 bits per heavy atom. The molecule has 16 heavy (non-hydrogen) atoms. The molecule has 0 amide bonds. The van der Waals surface area contributed by atoms with Crippen molar-refractivity contribution in [2.75, 3.05) is 25.5 Å². The third kappa shape index (κ3) is 5.45. The minimum atomic E-state index is -3.31. The summed E-state index contributed by atoms with van der Waals surface area (Å²) in [6.45, 7) is 6.39. The summed E-state index contributed by atoms with van der Waals surface area (Å²) in [4.78, 5) is 0. The maximum atomic E-state index is 11.9. The molecule has 0 saturated carbocycles. The topological polar surface area (TPSA) is 70.4 Å². The minimum absolute atomic E-state index is 0.0234. The Labute approximate surface area is 98.1 Å². The van der Waals surface area contributed by atoms with E-state index in [0.717, 1.165) is 0 Å². The summed E-state index contributed by atoms with van der Waals surface area (Å²) in [5.74, 6) is -0.0234. The lowest BCUT2D eigenvalue weighted by Gasteiger charge is -2.24. The van der Waals surface area contributed by atoms with Gasteiger partial charge in [0.2, 0.25) is 10.0 Å². The number of rotatable bonds is 8. The van der Waals surface area contributed by atoms with E-state index in [2.05, 4.69) is 0 Å². The van der Waals surface area contributed by atoms with Gasteiger partial charge in [-0.25, -0.2) is 8.42 Å². The van der Waals surface area contributed by atoms with Gasteiger partial charge in [-0.15, -0.1) is 0 Å². The molecule has 94 valence electrons. The fourth-order valence-electron chi connectivity index (χ4n) is 1.30. The molecule has 0 saturated heterocycles. The van der Waals surface area contributed by atoms with Crippen molar-refractivity contribution in [2.45, 2.75) is 33.2 Å². The molecule has 0 radical (unpaired) electrons. The van der Waals surface area contributed by atoms with Crippen LogP contribution in [0.15, 0.2) is 0 Å². The normalized spacial score (nSPS) is 12.0. The van der Waals surface area contributed by atoms with E-state index in [1.165, 1.54) is 4.31 Å². The molecule has 0 atom stereocenters. The SMILES string of the molecule is CCOCCS(=O)(=O)N(CCC#N)C(C)C. The zero-order chi connectivity index (χ0) is 12.6. The van der Waals surface area contributed by atoms with Gasteiger partial charge in [0.15, 0.2) is 0 Å². The van der Waals surface area contributed by atoms with Crippen LogP contribution in [-0.4, -0.2) is 44.3 Å². The van der Waals surface area contributed by atoms with E-state index in [1.54, 1.807) is 13.8 Å². The highest BCUT2D eigenvalue weighted by molar-refractivity contribution is 7.89. The van der Waals surface area contributed by atoms with Crippen molar-refractivity contribution in [3.05, 3.63) is 0 Å². The summed E-state index contributed by atoms with van der Waals surface area (Å²) in [7, 11) is -3.31. The number of ether oxygens (including phenoxy) is 1. The van der Waals surface area contributed by atoms with Gasteiger partial charge in [0.25, 0.3) is 0 Å². The van der Waals surface area contributed by atoms with E-state index < -0.39 is 10.0 Å². The Morgan fingerprint density at radius 1 is 1.44 bits per heavy atom. The highest BCUT2D eigenvalue weighted by Crippen LogP contribution is 2.08. The van der Waals surface area contributed by atoms with Gasteiger partial charge < -0.3 is 4.74 Å². The Balaban J connectivity index is 4.45. The van der Waals surface area contributed by atoms with Crippen LogP contribution in [0.5, 0.6) is 0 Å². The van der Waals surface area contributed by atoms with Crippen molar-refractivity contribution in [3.8, 4) is 6.07 Å². The van der Waals surface area contributed by atoms with Crippen molar-refractivity contribution in [2.24, 2.45) is 0 Å². The van der Waals surface area contributed by atoms with E-state index in [-0.39, 0.29) is 31.4 Å². The van der Waals surface area contributed by atoms with Gasteiger partial charge in [-0.05, 0) is 20.8 Å². The molecule has 0 aliphatic rings. The molecule has 0 aliphatic carbocycles. The quantitative estimate of drug-likeness (QED) is 0.600. The van der Waals surface area contributed by atoms with E-state index in [4.69, 9.17) is 10.00 Å². The number of sulfonamides is 1. The summed E-state index contributed by atoms with van der Waals surface area (Å²) in [5, 5.41) is 8.48. The van der Waals surface area contributed by atoms with Crippen LogP contribution in [0.3, 0.4) is 0 Å². The molecule has 0 N–H and O–H groups in total. The molecule has 0 aliphatic heterocycles. The first kappa shape index (κ1) is 15.4. The van der Waals surface area contributed by atoms with Gasteiger partial charge in [0, 0.05) is 25.6 Å². The van der Waals surface area contributed by atoms with Crippen LogP contribution in [0, 0.1) is 11.3 Å². The Bertz CT molecular complexity index is 319. The second-order valence-electron chi connectivity index (χ2n) is 3.63. The van der Waals surface area contributed by atoms with Gasteiger partial charge in [-0.3, -0.25) is 0 Å². The number of nitriles is 1. The molecule has 0 heterocycles. The van der Waals surface area contributed by atoms with E-state index in [9.17, 15) is 8.42 Å². The largest absolute Gasteiger partial charge is 0.381 e. The molecular formula is C10H20N2O3S. The van der Waals surface area contributed by atoms with Crippen LogP contribution in [0.25, 0.3) is 0 Å². The number of nitrogens with zero attached hydrogens (tertiary/aromatic N) is 2. The van der Waals surface area contributed by atoms with E-state index in [1.807, 2.05) is 13.0 Å². The van der Waals surface area contributed by atoms with Crippen molar-refractivity contribution in [1.82, 2.24) is 4.31 Å². The second kappa shape index (κ2) is 7.60. The third-order valence-electron chi connectivity index (χ3n) is 2.07. The van der Waals surface area contributed by atoms with Crippen LogP contribution >= 0.6 is 0 Å². The van der Waals surface area contributed by atoms with Crippen molar-refractivity contribution >= 4 is 10.0 Å². The van der Waals surface area contributed by atoms with Crippen LogP contribution in [0.1, 0.15) is 27.2 Å². The summed E-state index contributed by atoms with van der Waals surface area (Å²) in [5.41, 5.74) is 0. The minimum Gasteiger partial charge on any atom is -0.381 e. The number of hydrogen-bond donors (Lipinski definition) is 0. The molecule has 6 heteroatoms. The maximum absolute atomic E-state index is 11.9. The predicted molar refractivity (Wildman–Crippen MR) is 62.4 cm³/mol. The smallest absolute Gasteiger partial charge is 0.216 e. The van der Waals surface area contributed by atoms with Gasteiger partial charge in [-0.2, -0.15) is 9.57 Å².